The number of aryl methyl sites for hydroxylation is 3. The molecular weight excluding hydrogens is 264 g/mol. The standard InChI is InChI=1S/C13H15ClN4O/c1-8-4-5-10(14)7-11(8)15-13(19)16-12-6-9(2)18(3)17-12/h4-7H,1-3H3,(H2,15,16,17,19). The molecule has 0 saturated carbocycles. The van der Waals surface area contributed by atoms with Gasteiger partial charge < -0.3 is 5.32 Å². The van der Waals surface area contributed by atoms with E-state index in [-0.39, 0.29) is 6.03 Å². The number of hydrogen-bond donors (Lipinski definition) is 2. The molecule has 6 heteroatoms. The van der Waals surface area contributed by atoms with Crippen molar-refractivity contribution >= 4 is 29.1 Å². The van der Waals surface area contributed by atoms with Crippen LogP contribution in [0, 0.1) is 13.8 Å². The Morgan fingerprint density at radius 1 is 1.26 bits per heavy atom. The fourth-order valence-electron chi connectivity index (χ4n) is 1.62. The van der Waals surface area contributed by atoms with Gasteiger partial charge in [-0.25, -0.2) is 4.79 Å². The first-order chi connectivity index (χ1) is 8.95. The minimum absolute atomic E-state index is 0.344. The number of anilines is 2. The SMILES string of the molecule is Cc1ccc(Cl)cc1NC(=O)Nc1cc(C)n(C)n1. The summed E-state index contributed by atoms with van der Waals surface area (Å²) in [6.45, 7) is 3.81. The quantitative estimate of drug-likeness (QED) is 0.885. The lowest BCUT2D eigenvalue weighted by Gasteiger charge is -2.08. The molecule has 0 unspecified atom stereocenters. The number of aromatic nitrogens is 2. The van der Waals surface area contributed by atoms with Gasteiger partial charge in [-0.15, -0.1) is 0 Å². The third-order valence-electron chi connectivity index (χ3n) is 2.80. The summed E-state index contributed by atoms with van der Waals surface area (Å²) in [4.78, 5) is 11.9. The molecule has 1 aromatic carbocycles. The Labute approximate surface area is 116 Å². The second-order valence-electron chi connectivity index (χ2n) is 4.33. The summed E-state index contributed by atoms with van der Waals surface area (Å²) in [5.74, 6) is 0.511. The molecule has 2 rings (SSSR count). The molecule has 1 aromatic heterocycles. The molecule has 100 valence electrons. The summed E-state index contributed by atoms with van der Waals surface area (Å²) >= 11 is 5.90. The van der Waals surface area contributed by atoms with Gasteiger partial charge in [0.1, 0.15) is 0 Å². The summed E-state index contributed by atoms with van der Waals surface area (Å²) in [7, 11) is 1.82. The van der Waals surface area contributed by atoms with Crippen molar-refractivity contribution < 1.29 is 4.79 Å². The smallest absolute Gasteiger partial charge is 0.307 e. The first-order valence-electron chi connectivity index (χ1n) is 5.80. The molecule has 0 aliphatic heterocycles. The number of benzene rings is 1. The van der Waals surface area contributed by atoms with E-state index in [1.807, 2.05) is 27.0 Å². The second-order valence-corrected chi connectivity index (χ2v) is 4.77. The molecule has 0 bridgehead atoms. The molecule has 0 spiro atoms. The Bertz CT molecular complexity index is 602. The van der Waals surface area contributed by atoms with Crippen LogP contribution in [-0.4, -0.2) is 15.8 Å². The fraction of sp³-hybridized carbons (Fsp3) is 0.231. The van der Waals surface area contributed by atoms with Crippen LogP contribution in [0.25, 0.3) is 0 Å². The highest BCUT2D eigenvalue weighted by atomic mass is 35.5. The van der Waals surface area contributed by atoms with Gasteiger partial charge in [0.05, 0.1) is 0 Å². The van der Waals surface area contributed by atoms with Crippen LogP contribution in [0.3, 0.4) is 0 Å². The number of carbonyl (C=O) groups excluding carboxylic acids is 1. The van der Waals surface area contributed by atoms with Gasteiger partial charge >= 0.3 is 6.03 Å². The average molecular weight is 279 g/mol. The number of nitrogens with one attached hydrogen (secondary N) is 2. The van der Waals surface area contributed by atoms with Gasteiger partial charge in [0.25, 0.3) is 0 Å². The number of rotatable bonds is 2. The summed E-state index contributed by atoms with van der Waals surface area (Å²) in [6, 6.07) is 6.79. The van der Waals surface area contributed by atoms with Gasteiger partial charge in [-0.1, -0.05) is 17.7 Å². The number of nitrogens with zero attached hydrogens (tertiary/aromatic N) is 2. The van der Waals surface area contributed by atoms with E-state index in [0.717, 1.165) is 11.3 Å². The molecule has 2 aromatic rings. The number of amides is 2. The monoisotopic (exact) mass is 278 g/mol. The zero-order valence-corrected chi connectivity index (χ0v) is 11.7. The van der Waals surface area contributed by atoms with Crippen LogP contribution < -0.4 is 10.6 Å². The summed E-state index contributed by atoms with van der Waals surface area (Å²) < 4.78 is 1.69. The van der Waals surface area contributed by atoms with Crippen LogP contribution in [0.15, 0.2) is 24.3 Å². The maximum absolute atomic E-state index is 11.9. The number of urea groups is 1. The minimum atomic E-state index is -0.344. The van der Waals surface area contributed by atoms with E-state index in [4.69, 9.17) is 11.6 Å². The lowest BCUT2D eigenvalue weighted by Crippen LogP contribution is -2.20. The van der Waals surface area contributed by atoms with E-state index in [1.165, 1.54) is 0 Å². The Morgan fingerprint density at radius 3 is 2.63 bits per heavy atom. The van der Waals surface area contributed by atoms with Crippen molar-refractivity contribution in [1.82, 2.24) is 9.78 Å². The minimum Gasteiger partial charge on any atom is -0.307 e. The Morgan fingerprint density at radius 2 is 2.00 bits per heavy atom. The van der Waals surface area contributed by atoms with Crippen LogP contribution in [-0.2, 0) is 7.05 Å². The van der Waals surface area contributed by atoms with Gasteiger partial charge in [0, 0.05) is 29.5 Å². The van der Waals surface area contributed by atoms with Crippen LogP contribution in [0.5, 0.6) is 0 Å². The van der Waals surface area contributed by atoms with Crippen LogP contribution in [0.4, 0.5) is 16.3 Å². The fourth-order valence-corrected chi connectivity index (χ4v) is 1.79. The zero-order chi connectivity index (χ0) is 14.0. The topological polar surface area (TPSA) is 59.0 Å². The molecule has 2 amide bonds. The number of hydrogen-bond acceptors (Lipinski definition) is 2. The molecule has 19 heavy (non-hydrogen) atoms. The van der Waals surface area contributed by atoms with Crippen molar-refractivity contribution in [3.8, 4) is 0 Å². The van der Waals surface area contributed by atoms with Gasteiger partial charge in [-0.3, -0.25) is 10.00 Å². The normalized spacial score (nSPS) is 10.3. The zero-order valence-electron chi connectivity index (χ0n) is 11.0. The number of halogens is 1. The van der Waals surface area contributed by atoms with Gasteiger partial charge in [0.2, 0.25) is 0 Å². The summed E-state index contributed by atoms with van der Waals surface area (Å²) in [5.41, 5.74) is 2.59. The molecule has 1 heterocycles. The maximum Gasteiger partial charge on any atom is 0.324 e. The maximum atomic E-state index is 11.9. The number of carbonyl (C=O) groups is 1. The van der Waals surface area contributed by atoms with Crippen LogP contribution in [0.2, 0.25) is 5.02 Å². The Balaban J connectivity index is 2.07. The molecular formula is C13H15ClN4O. The summed E-state index contributed by atoms with van der Waals surface area (Å²) in [5, 5.41) is 10.1. The van der Waals surface area contributed by atoms with Gasteiger partial charge in [-0.2, -0.15) is 5.10 Å². The van der Waals surface area contributed by atoms with E-state index in [2.05, 4.69) is 15.7 Å². The van der Waals surface area contributed by atoms with E-state index >= 15 is 0 Å². The molecule has 2 N–H and O–H groups in total. The van der Waals surface area contributed by atoms with Crippen molar-refractivity contribution in [3.63, 3.8) is 0 Å². The molecule has 0 radical (unpaired) electrons. The molecule has 0 aliphatic rings. The van der Waals surface area contributed by atoms with E-state index in [9.17, 15) is 4.79 Å². The van der Waals surface area contributed by atoms with Crippen molar-refractivity contribution in [3.05, 3.63) is 40.5 Å². The third-order valence-corrected chi connectivity index (χ3v) is 3.04. The molecule has 0 fully saturated rings. The Kier molecular flexibility index (Phi) is 3.76. The van der Waals surface area contributed by atoms with Crippen molar-refractivity contribution in [1.29, 1.82) is 0 Å². The van der Waals surface area contributed by atoms with Crippen molar-refractivity contribution in [2.75, 3.05) is 10.6 Å². The predicted molar refractivity (Wildman–Crippen MR) is 76.8 cm³/mol. The highest BCUT2D eigenvalue weighted by molar-refractivity contribution is 6.31. The van der Waals surface area contributed by atoms with Crippen LogP contribution in [0.1, 0.15) is 11.3 Å². The van der Waals surface area contributed by atoms with E-state index in [0.29, 0.717) is 16.5 Å². The second kappa shape index (κ2) is 5.32. The first kappa shape index (κ1) is 13.4. The lowest BCUT2D eigenvalue weighted by atomic mass is 10.2. The van der Waals surface area contributed by atoms with Crippen molar-refractivity contribution in [2.24, 2.45) is 7.05 Å². The predicted octanol–water partition coefficient (Wildman–Crippen LogP) is 3.33. The first-order valence-corrected chi connectivity index (χ1v) is 6.18. The molecule has 0 aliphatic carbocycles. The van der Waals surface area contributed by atoms with Gasteiger partial charge in [0.15, 0.2) is 5.82 Å². The molecule has 0 saturated heterocycles. The van der Waals surface area contributed by atoms with Crippen molar-refractivity contribution in [2.45, 2.75) is 13.8 Å². The highest BCUT2D eigenvalue weighted by Gasteiger charge is 2.08. The molecule has 0 atom stereocenters. The van der Waals surface area contributed by atoms with Gasteiger partial charge in [-0.05, 0) is 31.5 Å². The molecule has 5 nitrogen and oxygen atoms in total. The summed E-state index contributed by atoms with van der Waals surface area (Å²) in [6.07, 6.45) is 0. The third kappa shape index (κ3) is 3.26. The lowest BCUT2D eigenvalue weighted by molar-refractivity contribution is 0.262. The van der Waals surface area contributed by atoms with Crippen LogP contribution >= 0.6 is 11.6 Å². The Hall–Kier alpha value is -2.01. The largest absolute Gasteiger partial charge is 0.324 e. The highest BCUT2D eigenvalue weighted by Crippen LogP contribution is 2.20. The van der Waals surface area contributed by atoms with E-state index < -0.39 is 0 Å². The van der Waals surface area contributed by atoms with E-state index in [1.54, 1.807) is 22.9 Å². The average Bonchev–Trinajstić information content (AvgIpc) is 2.63.